The Labute approximate surface area is 213 Å². The monoisotopic (exact) mass is 507 g/mol. The number of ether oxygens (including phenoxy) is 1. The highest BCUT2D eigenvalue weighted by Crippen LogP contribution is 2.38. The van der Waals surface area contributed by atoms with Crippen LogP contribution in [0.2, 0.25) is 0 Å². The van der Waals surface area contributed by atoms with Crippen molar-refractivity contribution in [1.82, 2.24) is 20.2 Å². The quantitative estimate of drug-likeness (QED) is 0.642. The van der Waals surface area contributed by atoms with Crippen molar-refractivity contribution in [1.29, 1.82) is 0 Å². The number of urea groups is 1. The highest BCUT2D eigenvalue weighted by atomic mass is 32.1. The normalized spacial score (nSPS) is 24.4. The number of allylic oxidation sites excluding steroid dienone is 1. The fourth-order valence-electron chi connectivity index (χ4n) is 5.46. The number of hydrogen-bond donors (Lipinski definition) is 2. The highest BCUT2D eigenvalue weighted by molar-refractivity contribution is 7.14. The Hall–Kier alpha value is -3.44. The molecule has 2 aromatic heterocycles. The minimum atomic E-state index is -0.319. The van der Waals surface area contributed by atoms with E-state index in [2.05, 4.69) is 25.5 Å². The van der Waals surface area contributed by atoms with Gasteiger partial charge in [0.1, 0.15) is 11.5 Å². The number of piperidine rings is 1. The van der Waals surface area contributed by atoms with Crippen molar-refractivity contribution in [3.05, 3.63) is 53.5 Å². The zero-order valence-corrected chi connectivity index (χ0v) is 21.1. The molecule has 1 aliphatic carbocycles. The third-order valence-corrected chi connectivity index (χ3v) is 8.61. The summed E-state index contributed by atoms with van der Waals surface area (Å²) < 4.78 is 5.33. The van der Waals surface area contributed by atoms with Crippen LogP contribution in [0.4, 0.5) is 21.3 Å². The summed E-state index contributed by atoms with van der Waals surface area (Å²) in [6.07, 6.45) is 11.5. The van der Waals surface area contributed by atoms with Crippen LogP contribution < -0.4 is 20.4 Å². The fraction of sp³-hybridized carbons (Fsp3) is 0.440. The van der Waals surface area contributed by atoms with Gasteiger partial charge in [0.2, 0.25) is 0 Å². The van der Waals surface area contributed by atoms with Crippen LogP contribution in [0.25, 0.3) is 0 Å². The topological polar surface area (TPSA) is 103 Å². The average molecular weight is 508 g/mol. The molecule has 0 saturated carbocycles. The molecule has 0 radical (unpaired) electrons. The molecule has 4 aliphatic rings. The van der Waals surface area contributed by atoms with E-state index in [0.29, 0.717) is 16.2 Å². The molecule has 3 saturated heterocycles. The lowest BCUT2D eigenvalue weighted by atomic mass is 9.73. The van der Waals surface area contributed by atoms with E-state index < -0.39 is 0 Å². The summed E-state index contributed by atoms with van der Waals surface area (Å²) >= 11 is 1.28. The number of amides is 3. The average Bonchev–Trinajstić information content (AvgIpc) is 3.46. The molecular formula is C25H29N7O3S. The number of carbonyl (C=O) groups is 2. The third kappa shape index (κ3) is 3.82. The van der Waals surface area contributed by atoms with Crippen molar-refractivity contribution in [2.24, 2.45) is 5.41 Å². The van der Waals surface area contributed by atoms with Crippen LogP contribution in [-0.4, -0.2) is 79.2 Å². The van der Waals surface area contributed by atoms with Crippen LogP contribution >= 0.6 is 11.3 Å². The SMILES string of the molecule is COC1=CC2C(C=C1)N(c1nc(C(=O)Nc3cnccc3N3CCC4(CC3)CNC4)cs1)C(=O)N2C. The lowest BCUT2D eigenvalue weighted by Crippen LogP contribution is -2.58. The van der Waals surface area contributed by atoms with Gasteiger partial charge < -0.3 is 25.2 Å². The zero-order chi connectivity index (χ0) is 24.9. The zero-order valence-electron chi connectivity index (χ0n) is 20.3. The highest BCUT2D eigenvalue weighted by Gasteiger charge is 2.45. The summed E-state index contributed by atoms with van der Waals surface area (Å²) in [6.45, 7) is 4.11. The number of pyridine rings is 1. The first-order valence-corrected chi connectivity index (χ1v) is 13.0. The number of fused-ring (bicyclic) bond motifs is 1. The largest absolute Gasteiger partial charge is 0.497 e. The molecule has 10 nitrogen and oxygen atoms in total. The molecule has 2 aromatic rings. The first-order valence-electron chi connectivity index (χ1n) is 12.1. The van der Waals surface area contributed by atoms with Gasteiger partial charge in [0.25, 0.3) is 5.91 Å². The van der Waals surface area contributed by atoms with Crippen LogP contribution in [0.5, 0.6) is 0 Å². The number of likely N-dealkylation sites (N-methyl/N-ethyl adjacent to an activating group) is 1. The van der Waals surface area contributed by atoms with Gasteiger partial charge in [-0.3, -0.25) is 14.7 Å². The lowest BCUT2D eigenvalue weighted by Gasteiger charge is -2.49. The van der Waals surface area contributed by atoms with Gasteiger partial charge in [0, 0.05) is 44.8 Å². The molecule has 5 heterocycles. The summed E-state index contributed by atoms with van der Waals surface area (Å²) in [5.41, 5.74) is 2.36. The standard InChI is InChI=1S/C25H29N7O3S/c1-30-21-11-16(35-2)3-4-20(21)32(24(30)34)23-29-18(13-36-23)22(33)28-17-12-26-8-5-19(17)31-9-6-25(7-10-31)14-27-15-25/h3-5,8,11-13,20-21,27H,6-7,9-10,14-15H2,1-2H3,(H,28,33). The minimum absolute atomic E-state index is 0.157. The Morgan fingerprint density at radius 1 is 1.28 bits per heavy atom. The summed E-state index contributed by atoms with van der Waals surface area (Å²) in [4.78, 5) is 40.6. The van der Waals surface area contributed by atoms with E-state index in [-0.39, 0.29) is 29.7 Å². The number of hydrogen-bond acceptors (Lipinski definition) is 8. The van der Waals surface area contributed by atoms with Gasteiger partial charge in [-0.25, -0.2) is 9.78 Å². The summed E-state index contributed by atoms with van der Waals surface area (Å²) in [7, 11) is 3.37. The summed E-state index contributed by atoms with van der Waals surface area (Å²) in [5.74, 6) is 0.401. The number of thiazole rings is 1. The van der Waals surface area contributed by atoms with Gasteiger partial charge in [-0.2, -0.15) is 0 Å². The molecule has 2 atom stereocenters. The lowest BCUT2D eigenvalue weighted by molar-refractivity contribution is 0.102. The minimum Gasteiger partial charge on any atom is -0.497 e. The Morgan fingerprint density at radius 2 is 2.08 bits per heavy atom. The van der Waals surface area contributed by atoms with E-state index in [4.69, 9.17) is 4.74 Å². The molecular weight excluding hydrogens is 478 g/mol. The Kier molecular flexibility index (Phi) is 5.68. The Morgan fingerprint density at radius 3 is 2.81 bits per heavy atom. The second-order valence-electron chi connectivity index (χ2n) is 9.83. The summed E-state index contributed by atoms with van der Waals surface area (Å²) in [5, 5.41) is 8.58. The predicted molar refractivity (Wildman–Crippen MR) is 138 cm³/mol. The van der Waals surface area contributed by atoms with Crippen LogP contribution in [0.1, 0.15) is 23.3 Å². The Bertz CT molecular complexity index is 1240. The number of nitrogens with one attached hydrogen (secondary N) is 2. The van der Waals surface area contributed by atoms with Crippen molar-refractivity contribution >= 4 is 39.8 Å². The van der Waals surface area contributed by atoms with E-state index in [0.717, 1.165) is 50.5 Å². The molecule has 11 heteroatoms. The van der Waals surface area contributed by atoms with Crippen LogP contribution in [0, 0.1) is 5.41 Å². The fourth-order valence-corrected chi connectivity index (χ4v) is 6.30. The van der Waals surface area contributed by atoms with Crippen molar-refractivity contribution < 1.29 is 14.3 Å². The predicted octanol–water partition coefficient (Wildman–Crippen LogP) is 2.69. The summed E-state index contributed by atoms with van der Waals surface area (Å²) in [6, 6.07) is 1.43. The van der Waals surface area contributed by atoms with E-state index in [1.807, 2.05) is 24.3 Å². The van der Waals surface area contributed by atoms with E-state index >= 15 is 0 Å². The molecule has 0 aromatic carbocycles. The van der Waals surface area contributed by atoms with Crippen LogP contribution in [0.15, 0.2) is 47.8 Å². The maximum atomic E-state index is 13.2. The van der Waals surface area contributed by atoms with E-state index in [1.54, 1.807) is 41.7 Å². The molecule has 1 spiro atoms. The Balaban J connectivity index is 1.18. The molecule has 188 valence electrons. The second kappa shape index (κ2) is 8.90. The van der Waals surface area contributed by atoms with Crippen molar-refractivity contribution in [3.8, 4) is 0 Å². The second-order valence-corrected chi connectivity index (χ2v) is 10.7. The molecule has 3 amide bonds. The molecule has 36 heavy (non-hydrogen) atoms. The molecule has 2 unspecified atom stereocenters. The number of aromatic nitrogens is 2. The van der Waals surface area contributed by atoms with Crippen molar-refractivity contribution in [3.63, 3.8) is 0 Å². The molecule has 3 aliphatic heterocycles. The smallest absolute Gasteiger partial charge is 0.327 e. The van der Waals surface area contributed by atoms with Crippen LogP contribution in [-0.2, 0) is 4.74 Å². The first-order chi connectivity index (χ1) is 17.5. The molecule has 0 bridgehead atoms. The number of methoxy groups -OCH3 is 1. The van der Waals surface area contributed by atoms with Gasteiger partial charge >= 0.3 is 6.03 Å². The van der Waals surface area contributed by atoms with Gasteiger partial charge in [-0.05, 0) is 36.5 Å². The van der Waals surface area contributed by atoms with Gasteiger partial charge in [0.15, 0.2) is 5.13 Å². The van der Waals surface area contributed by atoms with Crippen molar-refractivity contribution in [2.75, 3.05) is 55.5 Å². The third-order valence-electron chi connectivity index (χ3n) is 7.77. The van der Waals surface area contributed by atoms with Gasteiger partial charge in [-0.1, -0.05) is 6.08 Å². The van der Waals surface area contributed by atoms with E-state index in [1.165, 1.54) is 11.3 Å². The number of anilines is 3. The number of carbonyl (C=O) groups excluding carboxylic acids is 2. The van der Waals surface area contributed by atoms with Gasteiger partial charge in [-0.15, -0.1) is 11.3 Å². The maximum Gasteiger partial charge on any atom is 0.327 e. The maximum absolute atomic E-state index is 13.2. The van der Waals surface area contributed by atoms with Gasteiger partial charge in [0.05, 0.1) is 36.8 Å². The molecule has 3 fully saturated rings. The number of rotatable bonds is 5. The number of nitrogens with zero attached hydrogens (tertiary/aromatic N) is 5. The van der Waals surface area contributed by atoms with Crippen LogP contribution in [0.3, 0.4) is 0 Å². The van der Waals surface area contributed by atoms with E-state index in [9.17, 15) is 9.59 Å². The first kappa shape index (κ1) is 23.0. The molecule has 2 N–H and O–H groups in total. The van der Waals surface area contributed by atoms with Crippen molar-refractivity contribution in [2.45, 2.75) is 24.9 Å². The molecule has 6 rings (SSSR count).